The van der Waals surface area contributed by atoms with E-state index in [1.807, 2.05) is 48.5 Å². The minimum absolute atomic E-state index is 0.299. The van der Waals surface area contributed by atoms with Crippen molar-refractivity contribution in [3.05, 3.63) is 142 Å². The van der Waals surface area contributed by atoms with Gasteiger partial charge in [-0.3, -0.25) is 0 Å². The molecule has 0 aromatic heterocycles. The fourth-order valence-electron chi connectivity index (χ4n) is 5.93. The maximum atomic E-state index is 13.7. The lowest BCUT2D eigenvalue weighted by Gasteiger charge is -2.27. The molecular weight excluding hydrogens is 642 g/mol. The molecule has 0 aliphatic carbocycles. The van der Waals surface area contributed by atoms with Gasteiger partial charge >= 0.3 is 0 Å². The summed E-state index contributed by atoms with van der Waals surface area (Å²) in [5.74, 6) is 2.89. The molecule has 262 valence electrons. The monoisotopic (exact) mass is 684 g/mol. The molecule has 0 saturated heterocycles. The lowest BCUT2D eigenvalue weighted by atomic mass is 9.91. The Bertz CT molecular complexity index is 1660. The third-order valence-electron chi connectivity index (χ3n) is 8.53. The Morgan fingerprint density at radius 3 is 1.00 bits per heavy atom. The first-order valence-electron chi connectivity index (χ1n) is 16.0. The van der Waals surface area contributed by atoms with Crippen LogP contribution in [0.1, 0.15) is 45.5 Å². The van der Waals surface area contributed by atoms with Gasteiger partial charge in [-0.15, -0.1) is 0 Å². The average Bonchev–Trinajstić information content (AvgIpc) is 3.16. The van der Waals surface area contributed by atoms with Gasteiger partial charge in [-0.25, -0.2) is 8.78 Å². The van der Waals surface area contributed by atoms with Gasteiger partial charge in [-0.1, -0.05) is 48.5 Å². The molecule has 5 rings (SSSR count). The van der Waals surface area contributed by atoms with Gasteiger partial charge in [-0.05, 0) is 46.5 Å². The van der Waals surface area contributed by atoms with E-state index in [4.69, 9.17) is 28.4 Å². The van der Waals surface area contributed by atoms with Crippen molar-refractivity contribution >= 4 is 0 Å². The molecule has 2 atom stereocenters. The van der Waals surface area contributed by atoms with E-state index in [9.17, 15) is 8.78 Å². The van der Waals surface area contributed by atoms with E-state index >= 15 is 0 Å². The van der Waals surface area contributed by atoms with Crippen LogP contribution < -0.4 is 39.1 Å². The molecule has 0 amide bonds. The maximum absolute atomic E-state index is 13.7. The number of methoxy groups -OCH3 is 6. The van der Waals surface area contributed by atoms with E-state index in [1.54, 1.807) is 66.9 Å². The van der Waals surface area contributed by atoms with Crippen molar-refractivity contribution in [1.82, 2.24) is 10.6 Å². The second-order valence-corrected chi connectivity index (χ2v) is 11.4. The molecule has 0 saturated carbocycles. The molecule has 8 nitrogen and oxygen atoms in total. The van der Waals surface area contributed by atoms with Gasteiger partial charge in [-0.2, -0.15) is 0 Å². The van der Waals surface area contributed by atoms with Crippen molar-refractivity contribution < 1.29 is 37.2 Å². The Kier molecular flexibility index (Phi) is 12.1. The number of halogens is 2. The highest BCUT2D eigenvalue weighted by atomic mass is 19.1. The van der Waals surface area contributed by atoms with Crippen LogP contribution in [0.4, 0.5) is 8.78 Å². The Labute approximate surface area is 291 Å². The molecule has 0 fully saturated rings. The summed E-state index contributed by atoms with van der Waals surface area (Å²) in [5, 5.41) is 7.26. The molecule has 2 N–H and O–H groups in total. The van der Waals surface area contributed by atoms with Gasteiger partial charge in [0, 0.05) is 37.4 Å². The number of ether oxygens (including phenoxy) is 6. The molecule has 50 heavy (non-hydrogen) atoms. The first-order chi connectivity index (χ1) is 24.3. The van der Waals surface area contributed by atoms with Crippen LogP contribution in [-0.2, 0) is 13.1 Å². The zero-order valence-electron chi connectivity index (χ0n) is 29.0. The molecular formula is C40H42F2N2O6. The number of hydrogen-bond donors (Lipinski definition) is 2. The maximum Gasteiger partial charge on any atom is 0.131 e. The SMILES string of the molecule is COc1cc(OC)c(C(NCc2ccc(F)cc2)c2ccc(C(NCc3ccc(F)cc3)c3c(OC)cc(OC)cc3OC)cc2)c(OC)c1. The molecule has 2 unspecified atom stereocenters. The zero-order valence-corrected chi connectivity index (χ0v) is 29.0. The summed E-state index contributed by atoms with van der Waals surface area (Å²) >= 11 is 0. The van der Waals surface area contributed by atoms with Crippen molar-refractivity contribution in [1.29, 1.82) is 0 Å². The summed E-state index contributed by atoms with van der Waals surface area (Å²) in [6.45, 7) is 0.875. The first-order valence-corrected chi connectivity index (χ1v) is 16.0. The highest BCUT2D eigenvalue weighted by Gasteiger charge is 2.27. The van der Waals surface area contributed by atoms with Crippen LogP contribution in [0.2, 0.25) is 0 Å². The van der Waals surface area contributed by atoms with Gasteiger partial charge in [0.05, 0.1) is 65.9 Å². The molecule has 0 spiro atoms. The van der Waals surface area contributed by atoms with E-state index in [-0.39, 0.29) is 11.6 Å². The van der Waals surface area contributed by atoms with Crippen LogP contribution in [0.3, 0.4) is 0 Å². The molecule has 0 aliphatic rings. The summed E-state index contributed by atoms with van der Waals surface area (Å²) in [5.41, 5.74) is 5.20. The Hall–Kier alpha value is -5.32. The quantitative estimate of drug-likeness (QED) is 0.109. The average molecular weight is 685 g/mol. The molecule has 0 bridgehead atoms. The van der Waals surface area contributed by atoms with Gasteiger partial charge in [0.15, 0.2) is 0 Å². The van der Waals surface area contributed by atoms with Crippen LogP contribution in [0.15, 0.2) is 97.1 Å². The zero-order chi connectivity index (χ0) is 35.6. The molecule has 5 aromatic rings. The third-order valence-corrected chi connectivity index (χ3v) is 8.53. The Balaban J connectivity index is 1.59. The highest BCUT2D eigenvalue weighted by Crippen LogP contribution is 2.43. The summed E-state index contributed by atoms with van der Waals surface area (Å²) < 4.78 is 61.8. The largest absolute Gasteiger partial charge is 0.496 e. The van der Waals surface area contributed by atoms with Crippen LogP contribution in [0.25, 0.3) is 0 Å². The summed E-state index contributed by atoms with van der Waals surface area (Å²) in [6.07, 6.45) is 0. The minimum Gasteiger partial charge on any atom is -0.496 e. The number of nitrogens with one attached hydrogen (secondary N) is 2. The minimum atomic E-state index is -0.402. The summed E-state index contributed by atoms with van der Waals surface area (Å²) in [6, 6.07) is 27.4. The van der Waals surface area contributed by atoms with E-state index in [1.165, 1.54) is 24.3 Å². The molecule has 10 heteroatoms. The third kappa shape index (κ3) is 8.27. The van der Waals surface area contributed by atoms with Crippen LogP contribution in [-0.4, -0.2) is 42.7 Å². The second kappa shape index (κ2) is 16.9. The topological polar surface area (TPSA) is 79.4 Å². The van der Waals surface area contributed by atoms with Crippen LogP contribution >= 0.6 is 0 Å². The fraction of sp³-hybridized carbons (Fsp3) is 0.250. The van der Waals surface area contributed by atoms with Crippen LogP contribution in [0.5, 0.6) is 34.5 Å². The first kappa shape index (κ1) is 36.0. The Morgan fingerprint density at radius 2 is 0.740 bits per heavy atom. The number of rotatable bonds is 16. The molecule has 5 aromatic carbocycles. The summed E-state index contributed by atoms with van der Waals surface area (Å²) in [7, 11) is 9.58. The van der Waals surface area contributed by atoms with Crippen molar-refractivity contribution in [3.8, 4) is 34.5 Å². The smallest absolute Gasteiger partial charge is 0.131 e. The number of hydrogen-bond acceptors (Lipinski definition) is 8. The highest BCUT2D eigenvalue weighted by molar-refractivity contribution is 5.57. The molecule has 0 aliphatic heterocycles. The van der Waals surface area contributed by atoms with E-state index in [2.05, 4.69) is 10.6 Å². The van der Waals surface area contributed by atoms with Crippen molar-refractivity contribution in [2.24, 2.45) is 0 Å². The predicted molar refractivity (Wildman–Crippen MR) is 189 cm³/mol. The lowest BCUT2D eigenvalue weighted by molar-refractivity contribution is 0.361. The van der Waals surface area contributed by atoms with Crippen LogP contribution in [0, 0.1) is 11.6 Å². The van der Waals surface area contributed by atoms with Crippen molar-refractivity contribution in [3.63, 3.8) is 0 Å². The predicted octanol–water partition coefficient (Wildman–Crippen LogP) is 7.77. The molecule has 0 heterocycles. The fourth-order valence-corrected chi connectivity index (χ4v) is 5.93. The Morgan fingerprint density at radius 1 is 0.440 bits per heavy atom. The van der Waals surface area contributed by atoms with Crippen molar-refractivity contribution in [2.75, 3.05) is 42.7 Å². The number of benzene rings is 5. The second-order valence-electron chi connectivity index (χ2n) is 11.4. The molecule has 0 radical (unpaired) electrons. The standard InChI is InChI=1S/C40H42F2N2O6/c1-45-31-19-33(47-3)37(34(20-31)48-4)39(43-23-25-7-15-29(41)16-8-25)27-11-13-28(14-12-27)40(44-24-26-9-17-30(42)18-10-26)38-35(49-5)21-32(46-2)22-36(38)50-6/h7-22,39-40,43-44H,23-24H2,1-6H3. The van der Waals surface area contributed by atoms with E-state index in [0.29, 0.717) is 47.6 Å². The van der Waals surface area contributed by atoms with Gasteiger partial charge in [0.1, 0.15) is 46.1 Å². The van der Waals surface area contributed by atoms with Crippen molar-refractivity contribution in [2.45, 2.75) is 25.2 Å². The van der Waals surface area contributed by atoms with Gasteiger partial charge < -0.3 is 39.1 Å². The van der Waals surface area contributed by atoms with E-state index < -0.39 is 12.1 Å². The van der Waals surface area contributed by atoms with Gasteiger partial charge in [0.2, 0.25) is 0 Å². The van der Waals surface area contributed by atoms with Gasteiger partial charge in [0.25, 0.3) is 0 Å². The normalized spacial score (nSPS) is 12.2. The summed E-state index contributed by atoms with van der Waals surface area (Å²) in [4.78, 5) is 0. The van der Waals surface area contributed by atoms with E-state index in [0.717, 1.165) is 33.4 Å². The lowest BCUT2D eigenvalue weighted by Crippen LogP contribution is -2.25.